The first-order valence-corrected chi connectivity index (χ1v) is 6.38. The van der Waals surface area contributed by atoms with Crippen LogP contribution in [-0.4, -0.2) is 31.7 Å². The number of nitrogens with zero attached hydrogens (tertiary/aromatic N) is 1. The van der Waals surface area contributed by atoms with Crippen LogP contribution in [0.1, 0.15) is 13.8 Å². The molecule has 0 heterocycles. The molecule has 1 atom stereocenters. The van der Waals surface area contributed by atoms with Crippen molar-refractivity contribution in [1.29, 1.82) is 0 Å². The topological polar surface area (TPSA) is 76.4 Å². The van der Waals surface area contributed by atoms with Crippen LogP contribution in [0.4, 0.5) is 11.4 Å². The quantitative estimate of drug-likeness (QED) is 0.558. The zero-order valence-electron chi connectivity index (χ0n) is 11.6. The van der Waals surface area contributed by atoms with E-state index in [1.807, 2.05) is 7.05 Å². The molecule has 0 radical (unpaired) electrons. The first-order chi connectivity index (χ1) is 9.08. The zero-order valence-corrected chi connectivity index (χ0v) is 11.6. The molecule has 0 aliphatic rings. The van der Waals surface area contributed by atoms with E-state index in [4.69, 9.17) is 4.74 Å². The average molecular weight is 267 g/mol. The van der Waals surface area contributed by atoms with Crippen LogP contribution >= 0.6 is 0 Å². The number of hydrogen-bond donors (Lipinski definition) is 2. The molecule has 6 heteroatoms. The Morgan fingerprint density at radius 2 is 2.16 bits per heavy atom. The van der Waals surface area contributed by atoms with E-state index in [0.717, 1.165) is 18.8 Å². The van der Waals surface area contributed by atoms with Gasteiger partial charge in [0.15, 0.2) is 5.75 Å². The molecule has 1 aromatic carbocycles. The molecular formula is C13H21N3O3. The van der Waals surface area contributed by atoms with Crippen molar-refractivity contribution in [3.05, 3.63) is 28.3 Å². The summed E-state index contributed by atoms with van der Waals surface area (Å²) in [6.45, 7) is 6.04. The number of rotatable bonds is 8. The summed E-state index contributed by atoms with van der Waals surface area (Å²) in [6, 6.07) is 4.84. The molecule has 6 nitrogen and oxygen atoms in total. The summed E-state index contributed by atoms with van der Waals surface area (Å²) in [6.07, 6.45) is 0. The number of hydrogen-bond acceptors (Lipinski definition) is 5. The van der Waals surface area contributed by atoms with Crippen molar-refractivity contribution >= 4 is 11.4 Å². The lowest BCUT2D eigenvalue weighted by Crippen LogP contribution is -2.22. The van der Waals surface area contributed by atoms with Gasteiger partial charge in [-0.15, -0.1) is 0 Å². The second-order valence-corrected chi connectivity index (χ2v) is 4.42. The SMILES string of the molecule is CCOc1cc(NCC(C)CNC)ccc1[N+](=O)[O-]. The fourth-order valence-corrected chi connectivity index (χ4v) is 1.76. The lowest BCUT2D eigenvalue weighted by Gasteiger charge is -2.14. The van der Waals surface area contributed by atoms with E-state index in [9.17, 15) is 10.1 Å². The van der Waals surface area contributed by atoms with E-state index in [0.29, 0.717) is 18.3 Å². The summed E-state index contributed by atoms with van der Waals surface area (Å²) in [7, 11) is 1.91. The Balaban J connectivity index is 2.75. The van der Waals surface area contributed by atoms with Gasteiger partial charge < -0.3 is 15.4 Å². The van der Waals surface area contributed by atoms with Crippen LogP contribution in [-0.2, 0) is 0 Å². The highest BCUT2D eigenvalue weighted by Crippen LogP contribution is 2.30. The van der Waals surface area contributed by atoms with E-state index >= 15 is 0 Å². The van der Waals surface area contributed by atoms with Crippen LogP contribution in [0.15, 0.2) is 18.2 Å². The molecule has 1 rings (SSSR count). The molecule has 0 amide bonds. The van der Waals surface area contributed by atoms with Gasteiger partial charge in [-0.1, -0.05) is 6.92 Å². The molecule has 19 heavy (non-hydrogen) atoms. The highest BCUT2D eigenvalue weighted by molar-refractivity contribution is 5.58. The summed E-state index contributed by atoms with van der Waals surface area (Å²) in [5.41, 5.74) is 0.827. The average Bonchev–Trinajstić information content (AvgIpc) is 2.37. The van der Waals surface area contributed by atoms with Crippen molar-refractivity contribution in [2.24, 2.45) is 5.92 Å². The number of ether oxygens (including phenoxy) is 1. The predicted octanol–water partition coefficient (Wildman–Crippen LogP) is 2.26. The van der Waals surface area contributed by atoms with Gasteiger partial charge in [0.2, 0.25) is 0 Å². The van der Waals surface area contributed by atoms with Crippen molar-refractivity contribution in [2.45, 2.75) is 13.8 Å². The van der Waals surface area contributed by atoms with Gasteiger partial charge in [-0.25, -0.2) is 0 Å². The largest absolute Gasteiger partial charge is 0.487 e. The minimum Gasteiger partial charge on any atom is -0.487 e. The molecule has 0 spiro atoms. The van der Waals surface area contributed by atoms with E-state index in [1.165, 1.54) is 6.07 Å². The Kier molecular flexibility index (Phi) is 6.08. The third-order valence-corrected chi connectivity index (χ3v) is 2.66. The van der Waals surface area contributed by atoms with Gasteiger partial charge in [0.25, 0.3) is 0 Å². The summed E-state index contributed by atoms with van der Waals surface area (Å²) in [5.74, 6) is 0.773. The number of nitro groups is 1. The van der Waals surface area contributed by atoms with Crippen LogP contribution in [0.2, 0.25) is 0 Å². The Bertz CT molecular complexity index is 424. The van der Waals surface area contributed by atoms with Crippen molar-refractivity contribution < 1.29 is 9.66 Å². The summed E-state index contributed by atoms with van der Waals surface area (Å²) in [5, 5.41) is 17.2. The lowest BCUT2D eigenvalue weighted by molar-refractivity contribution is -0.385. The van der Waals surface area contributed by atoms with E-state index < -0.39 is 4.92 Å². The van der Waals surface area contributed by atoms with Gasteiger partial charge in [0, 0.05) is 24.4 Å². The number of anilines is 1. The monoisotopic (exact) mass is 267 g/mol. The van der Waals surface area contributed by atoms with Crippen molar-refractivity contribution in [1.82, 2.24) is 5.32 Å². The lowest BCUT2D eigenvalue weighted by atomic mass is 10.1. The number of nitro benzene ring substituents is 1. The van der Waals surface area contributed by atoms with E-state index in [2.05, 4.69) is 17.6 Å². The van der Waals surface area contributed by atoms with Crippen LogP contribution in [0.25, 0.3) is 0 Å². The molecular weight excluding hydrogens is 246 g/mol. The predicted molar refractivity (Wildman–Crippen MR) is 75.8 cm³/mol. The highest BCUT2D eigenvalue weighted by Gasteiger charge is 2.15. The fourth-order valence-electron chi connectivity index (χ4n) is 1.76. The summed E-state index contributed by atoms with van der Waals surface area (Å²) < 4.78 is 5.30. The van der Waals surface area contributed by atoms with Gasteiger partial charge >= 0.3 is 5.69 Å². The summed E-state index contributed by atoms with van der Waals surface area (Å²) >= 11 is 0. The molecule has 1 aromatic rings. The first-order valence-electron chi connectivity index (χ1n) is 6.38. The normalized spacial score (nSPS) is 11.9. The van der Waals surface area contributed by atoms with E-state index in [1.54, 1.807) is 19.1 Å². The van der Waals surface area contributed by atoms with Gasteiger partial charge in [0.1, 0.15) is 0 Å². The maximum atomic E-state index is 10.9. The second-order valence-electron chi connectivity index (χ2n) is 4.42. The minimum atomic E-state index is -0.432. The van der Waals surface area contributed by atoms with Crippen molar-refractivity contribution in [3.8, 4) is 5.75 Å². The van der Waals surface area contributed by atoms with Crippen molar-refractivity contribution in [3.63, 3.8) is 0 Å². The Morgan fingerprint density at radius 3 is 2.74 bits per heavy atom. The third-order valence-electron chi connectivity index (χ3n) is 2.66. The molecule has 0 saturated heterocycles. The van der Waals surface area contributed by atoms with Gasteiger partial charge in [-0.05, 0) is 32.5 Å². The Labute approximate surface area is 113 Å². The van der Waals surface area contributed by atoms with Gasteiger partial charge in [-0.3, -0.25) is 10.1 Å². The first kappa shape index (κ1) is 15.2. The number of nitrogens with one attached hydrogen (secondary N) is 2. The molecule has 0 aromatic heterocycles. The molecule has 0 saturated carbocycles. The van der Waals surface area contributed by atoms with Gasteiger partial charge in [-0.2, -0.15) is 0 Å². The fraction of sp³-hybridized carbons (Fsp3) is 0.538. The Hall–Kier alpha value is -1.82. The molecule has 0 fully saturated rings. The molecule has 2 N–H and O–H groups in total. The summed E-state index contributed by atoms with van der Waals surface area (Å²) in [4.78, 5) is 10.4. The maximum Gasteiger partial charge on any atom is 0.311 e. The molecule has 0 aliphatic heterocycles. The molecule has 106 valence electrons. The maximum absolute atomic E-state index is 10.9. The minimum absolute atomic E-state index is 0.00401. The zero-order chi connectivity index (χ0) is 14.3. The molecule has 1 unspecified atom stereocenters. The second kappa shape index (κ2) is 7.58. The van der Waals surface area contributed by atoms with Crippen LogP contribution < -0.4 is 15.4 Å². The standard InChI is InChI=1S/C13H21N3O3/c1-4-19-13-7-11(5-6-12(13)16(17)18)15-9-10(2)8-14-3/h5-7,10,14-15H,4,8-9H2,1-3H3. The number of benzene rings is 1. The highest BCUT2D eigenvalue weighted by atomic mass is 16.6. The van der Waals surface area contributed by atoms with E-state index in [-0.39, 0.29) is 5.69 Å². The van der Waals surface area contributed by atoms with Crippen LogP contribution in [0.3, 0.4) is 0 Å². The Morgan fingerprint density at radius 1 is 1.42 bits per heavy atom. The third kappa shape index (κ3) is 4.75. The van der Waals surface area contributed by atoms with Crippen LogP contribution in [0, 0.1) is 16.0 Å². The van der Waals surface area contributed by atoms with Crippen LogP contribution in [0.5, 0.6) is 5.75 Å². The molecule has 0 bridgehead atoms. The smallest absolute Gasteiger partial charge is 0.311 e. The van der Waals surface area contributed by atoms with Gasteiger partial charge in [0.05, 0.1) is 11.5 Å². The molecule has 0 aliphatic carbocycles. The van der Waals surface area contributed by atoms with Crippen molar-refractivity contribution in [2.75, 3.05) is 32.1 Å².